The molecular formula is C12H24N2O2. The molecule has 94 valence electrons. The van der Waals surface area contributed by atoms with Crippen molar-refractivity contribution < 1.29 is 9.90 Å². The van der Waals surface area contributed by atoms with Crippen LogP contribution in [0.25, 0.3) is 0 Å². The molecule has 0 atom stereocenters. The Bertz CT molecular complexity index is 230. The van der Waals surface area contributed by atoms with Gasteiger partial charge < -0.3 is 15.7 Å². The van der Waals surface area contributed by atoms with Gasteiger partial charge in [0.2, 0.25) is 5.91 Å². The van der Waals surface area contributed by atoms with Crippen molar-refractivity contribution in [3.05, 3.63) is 0 Å². The summed E-state index contributed by atoms with van der Waals surface area (Å²) in [4.78, 5) is 11.4. The van der Waals surface area contributed by atoms with Crippen LogP contribution in [-0.2, 0) is 4.79 Å². The Morgan fingerprint density at radius 3 is 2.50 bits per heavy atom. The van der Waals surface area contributed by atoms with Crippen LogP contribution in [0.3, 0.4) is 0 Å². The van der Waals surface area contributed by atoms with E-state index in [2.05, 4.69) is 31.4 Å². The number of carbonyl (C=O) groups is 1. The second-order valence-electron chi connectivity index (χ2n) is 5.72. The smallest absolute Gasteiger partial charge is 0.221 e. The summed E-state index contributed by atoms with van der Waals surface area (Å²) in [6.07, 6.45) is 2.05. The molecule has 4 heteroatoms. The van der Waals surface area contributed by atoms with E-state index in [0.29, 0.717) is 25.4 Å². The molecule has 0 spiro atoms. The van der Waals surface area contributed by atoms with Gasteiger partial charge in [-0.25, -0.2) is 0 Å². The highest BCUT2D eigenvalue weighted by molar-refractivity contribution is 5.76. The van der Waals surface area contributed by atoms with Crippen LogP contribution in [0.2, 0.25) is 0 Å². The maximum absolute atomic E-state index is 11.4. The minimum atomic E-state index is -0.135. The number of rotatable bonds is 5. The van der Waals surface area contributed by atoms with Crippen LogP contribution in [0.5, 0.6) is 0 Å². The molecule has 0 bridgehead atoms. The lowest BCUT2D eigenvalue weighted by Crippen LogP contribution is -2.41. The summed E-state index contributed by atoms with van der Waals surface area (Å²) in [7, 11) is 0. The van der Waals surface area contributed by atoms with E-state index in [1.165, 1.54) is 0 Å². The molecule has 1 fully saturated rings. The molecule has 0 aromatic carbocycles. The molecule has 1 saturated carbocycles. The van der Waals surface area contributed by atoms with Crippen molar-refractivity contribution in [3.8, 4) is 0 Å². The van der Waals surface area contributed by atoms with Crippen LogP contribution >= 0.6 is 0 Å². The van der Waals surface area contributed by atoms with Crippen molar-refractivity contribution >= 4 is 5.91 Å². The number of nitrogens with one attached hydrogen (secondary N) is 2. The first-order chi connectivity index (χ1) is 7.37. The predicted octanol–water partition coefficient (Wildman–Crippen LogP) is 0.652. The van der Waals surface area contributed by atoms with Crippen molar-refractivity contribution in [2.75, 3.05) is 13.1 Å². The predicted molar refractivity (Wildman–Crippen MR) is 64.1 cm³/mol. The van der Waals surface area contributed by atoms with Crippen LogP contribution in [0, 0.1) is 5.92 Å². The fraction of sp³-hybridized carbons (Fsp3) is 0.917. The van der Waals surface area contributed by atoms with E-state index in [-0.39, 0.29) is 17.6 Å². The van der Waals surface area contributed by atoms with Gasteiger partial charge in [-0.3, -0.25) is 4.79 Å². The number of amides is 1. The largest absolute Gasteiger partial charge is 0.393 e. The first-order valence-corrected chi connectivity index (χ1v) is 6.06. The van der Waals surface area contributed by atoms with Gasteiger partial charge in [-0.2, -0.15) is 0 Å². The summed E-state index contributed by atoms with van der Waals surface area (Å²) in [6.45, 7) is 7.68. The van der Waals surface area contributed by atoms with Crippen LogP contribution in [0.15, 0.2) is 0 Å². The average Bonchev–Trinajstić information content (AvgIpc) is 2.08. The zero-order valence-corrected chi connectivity index (χ0v) is 10.5. The van der Waals surface area contributed by atoms with E-state index in [4.69, 9.17) is 5.11 Å². The molecule has 1 aliphatic carbocycles. The second kappa shape index (κ2) is 5.64. The molecule has 1 aliphatic rings. The Morgan fingerprint density at radius 1 is 1.38 bits per heavy atom. The number of aliphatic hydroxyl groups excluding tert-OH is 1. The van der Waals surface area contributed by atoms with E-state index in [0.717, 1.165) is 12.8 Å². The monoisotopic (exact) mass is 228 g/mol. The van der Waals surface area contributed by atoms with E-state index < -0.39 is 0 Å². The lowest BCUT2D eigenvalue weighted by molar-refractivity contribution is -0.121. The van der Waals surface area contributed by atoms with Crippen LogP contribution in [-0.4, -0.2) is 35.7 Å². The van der Waals surface area contributed by atoms with E-state index in [9.17, 15) is 4.79 Å². The topological polar surface area (TPSA) is 61.4 Å². The van der Waals surface area contributed by atoms with Gasteiger partial charge in [-0.05, 0) is 39.5 Å². The van der Waals surface area contributed by atoms with Gasteiger partial charge in [-0.15, -0.1) is 0 Å². The maximum atomic E-state index is 11.4. The van der Waals surface area contributed by atoms with Gasteiger partial charge in [0.1, 0.15) is 0 Å². The van der Waals surface area contributed by atoms with Crippen molar-refractivity contribution in [1.29, 1.82) is 0 Å². The highest BCUT2D eigenvalue weighted by Crippen LogP contribution is 2.25. The van der Waals surface area contributed by atoms with E-state index >= 15 is 0 Å². The fourth-order valence-corrected chi connectivity index (χ4v) is 1.76. The molecule has 3 N–H and O–H groups in total. The highest BCUT2D eigenvalue weighted by Gasteiger charge is 2.26. The van der Waals surface area contributed by atoms with Crippen LogP contribution in [0.4, 0.5) is 0 Å². The van der Waals surface area contributed by atoms with E-state index in [1.807, 2.05) is 0 Å². The summed E-state index contributed by atoms with van der Waals surface area (Å²) in [5.41, 5.74) is 0.0678. The first kappa shape index (κ1) is 13.5. The minimum absolute atomic E-state index is 0.0678. The average molecular weight is 228 g/mol. The summed E-state index contributed by atoms with van der Waals surface area (Å²) >= 11 is 0. The van der Waals surface area contributed by atoms with Crippen molar-refractivity contribution in [3.63, 3.8) is 0 Å². The molecule has 0 aromatic rings. The molecule has 0 unspecified atom stereocenters. The molecule has 0 heterocycles. The Morgan fingerprint density at radius 2 is 2.00 bits per heavy atom. The molecule has 0 saturated heterocycles. The van der Waals surface area contributed by atoms with Crippen molar-refractivity contribution in [2.45, 2.75) is 51.7 Å². The third kappa shape index (κ3) is 5.47. The standard InChI is InChI=1S/C12H24N2O2/c1-12(2,3)14-5-4-11(16)13-8-9-6-10(15)7-9/h9-10,14-15H,4-8H2,1-3H3,(H,13,16). The molecule has 4 nitrogen and oxygen atoms in total. The van der Waals surface area contributed by atoms with Gasteiger partial charge in [0.25, 0.3) is 0 Å². The van der Waals surface area contributed by atoms with Gasteiger partial charge in [0.15, 0.2) is 0 Å². The van der Waals surface area contributed by atoms with Gasteiger partial charge in [-0.1, -0.05) is 0 Å². The quantitative estimate of drug-likeness (QED) is 0.647. The first-order valence-electron chi connectivity index (χ1n) is 6.06. The number of aliphatic hydroxyl groups is 1. The zero-order valence-electron chi connectivity index (χ0n) is 10.5. The summed E-state index contributed by atoms with van der Waals surface area (Å²) in [5.74, 6) is 0.577. The summed E-state index contributed by atoms with van der Waals surface area (Å²) in [5, 5.41) is 15.3. The van der Waals surface area contributed by atoms with Crippen LogP contribution < -0.4 is 10.6 Å². The Labute approximate surface area is 97.8 Å². The van der Waals surface area contributed by atoms with Crippen molar-refractivity contribution in [1.82, 2.24) is 10.6 Å². The summed E-state index contributed by atoms with van der Waals surface area (Å²) in [6, 6.07) is 0. The number of hydrogen-bond acceptors (Lipinski definition) is 3. The Kier molecular flexibility index (Phi) is 4.74. The highest BCUT2D eigenvalue weighted by atomic mass is 16.3. The normalized spacial score (nSPS) is 25.0. The molecule has 1 rings (SSSR count). The second-order valence-corrected chi connectivity index (χ2v) is 5.72. The third-order valence-corrected chi connectivity index (χ3v) is 2.81. The molecular weight excluding hydrogens is 204 g/mol. The minimum Gasteiger partial charge on any atom is -0.393 e. The molecule has 1 amide bonds. The maximum Gasteiger partial charge on any atom is 0.221 e. The lowest BCUT2D eigenvalue weighted by atomic mass is 9.82. The van der Waals surface area contributed by atoms with Crippen LogP contribution in [0.1, 0.15) is 40.0 Å². The molecule has 0 radical (unpaired) electrons. The Balaban J connectivity index is 1.99. The molecule has 16 heavy (non-hydrogen) atoms. The fourth-order valence-electron chi connectivity index (χ4n) is 1.76. The lowest BCUT2D eigenvalue weighted by Gasteiger charge is -2.31. The van der Waals surface area contributed by atoms with Gasteiger partial charge in [0, 0.05) is 25.0 Å². The van der Waals surface area contributed by atoms with Crippen molar-refractivity contribution in [2.24, 2.45) is 5.92 Å². The number of carbonyl (C=O) groups excluding carboxylic acids is 1. The Hall–Kier alpha value is -0.610. The SMILES string of the molecule is CC(C)(C)NCCC(=O)NCC1CC(O)C1. The summed E-state index contributed by atoms with van der Waals surface area (Å²) < 4.78 is 0. The van der Waals surface area contributed by atoms with E-state index in [1.54, 1.807) is 0 Å². The molecule has 0 aliphatic heterocycles. The van der Waals surface area contributed by atoms with Gasteiger partial charge in [0.05, 0.1) is 6.10 Å². The zero-order chi connectivity index (χ0) is 12.2. The molecule has 0 aromatic heterocycles. The third-order valence-electron chi connectivity index (χ3n) is 2.81. The van der Waals surface area contributed by atoms with Gasteiger partial charge >= 0.3 is 0 Å². The number of hydrogen-bond donors (Lipinski definition) is 3.